The van der Waals surface area contributed by atoms with Gasteiger partial charge in [-0.05, 0) is 20.4 Å². The topological polar surface area (TPSA) is 84.2 Å². The molecule has 7 heteroatoms. The molecule has 1 heterocycles. The van der Waals surface area contributed by atoms with Crippen molar-refractivity contribution in [3.05, 3.63) is 17.5 Å². The zero-order valence-corrected chi connectivity index (χ0v) is 11.2. The average molecular weight is 261 g/mol. The highest BCUT2D eigenvalue weighted by atomic mass is 32.2. The second-order valence-corrected chi connectivity index (χ2v) is 6.10. The van der Waals surface area contributed by atoms with Gasteiger partial charge in [0.25, 0.3) is 0 Å². The second kappa shape index (κ2) is 6.13. The van der Waals surface area contributed by atoms with E-state index >= 15 is 0 Å². The van der Waals surface area contributed by atoms with Gasteiger partial charge in [0.1, 0.15) is 0 Å². The van der Waals surface area contributed by atoms with Gasteiger partial charge in [0, 0.05) is 12.6 Å². The van der Waals surface area contributed by atoms with Crippen molar-refractivity contribution in [2.45, 2.75) is 32.6 Å². The van der Waals surface area contributed by atoms with Crippen LogP contribution in [0.4, 0.5) is 0 Å². The molecule has 0 aliphatic rings. The first-order valence-electron chi connectivity index (χ1n) is 5.57. The first kappa shape index (κ1) is 14.1. The van der Waals surface area contributed by atoms with E-state index < -0.39 is 15.3 Å². The highest BCUT2D eigenvalue weighted by Crippen LogP contribution is 2.04. The number of hydrogen-bond donors (Lipinski definition) is 2. The Bertz CT molecular complexity index is 441. The van der Waals surface area contributed by atoms with Gasteiger partial charge in [0.2, 0.25) is 10.0 Å². The number of aryl methyl sites for hydroxylation is 1. The molecule has 1 aromatic heterocycles. The molecule has 0 aliphatic carbocycles. The SMILES string of the molecule is CCNCC(C)S(=O)(=O)NCc1cc(C)no1. The largest absolute Gasteiger partial charge is 0.360 e. The summed E-state index contributed by atoms with van der Waals surface area (Å²) in [6.45, 7) is 6.71. The van der Waals surface area contributed by atoms with Crippen molar-refractivity contribution in [2.24, 2.45) is 0 Å². The number of aromatic nitrogens is 1. The number of nitrogens with zero attached hydrogens (tertiary/aromatic N) is 1. The van der Waals surface area contributed by atoms with Gasteiger partial charge in [-0.1, -0.05) is 12.1 Å². The Hall–Kier alpha value is -0.920. The van der Waals surface area contributed by atoms with E-state index in [1.165, 1.54) is 0 Å². The summed E-state index contributed by atoms with van der Waals surface area (Å²) in [5.74, 6) is 0.515. The molecule has 2 N–H and O–H groups in total. The number of rotatable bonds is 7. The first-order valence-corrected chi connectivity index (χ1v) is 7.11. The third-order valence-corrected chi connectivity index (χ3v) is 4.11. The molecule has 0 amide bonds. The summed E-state index contributed by atoms with van der Waals surface area (Å²) in [6.07, 6.45) is 0. The van der Waals surface area contributed by atoms with E-state index in [4.69, 9.17) is 4.52 Å². The van der Waals surface area contributed by atoms with Crippen molar-refractivity contribution in [1.82, 2.24) is 15.2 Å². The van der Waals surface area contributed by atoms with Gasteiger partial charge in [-0.3, -0.25) is 0 Å². The van der Waals surface area contributed by atoms with Crippen molar-refractivity contribution in [3.63, 3.8) is 0 Å². The molecular weight excluding hydrogens is 242 g/mol. The van der Waals surface area contributed by atoms with Crippen LogP contribution in [-0.4, -0.2) is 31.9 Å². The molecule has 0 saturated carbocycles. The van der Waals surface area contributed by atoms with Crippen molar-refractivity contribution in [2.75, 3.05) is 13.1 Å². The fourth-order valence-electron chi connectivity index (χ4n) is 1.27. The fraction of sp³-hybridized carbons (Fsp3) is 0.700. The van der Waals surface area contributed by atoms with Gasteiger partial charge in [-0.25, -0.2) is 13.1 Å². The smallest absolute Gasteiger partial charge is 0.215 e. The Labute approximate surface area is 102 Å². The molecule has 0 spiro atoms. The van der Waals surface area contributed by atoms with E-state index in [1.54, 1.807) is 19.9 Å². The Morgan fingerprint density at radius 1 is 1.53 bits per heavy atom. The summed E-state index contributed by atoms with van der Waals surface area (Å²) < 4.78 is 31.0. The number of hydrogen-bond acceptors (Lipinski definition) is 5. The fourth-order valence-corrected chi connectivity index (χ4v) is 2.24. The summed E-state index contributed by atoms with van der Waals surface area (Å²) in [4.78, 5) is 0. The predicted octanol–water partition coefficient (Wildman–Crippen LogP) is 0.400. The molecule has 0 aromatic carbocycles. The lowest BCUT2D eigenvalue weighted by molar-refractivity contribution is 0.376. The minimum Gasteiger partial charge on any atom is -0.360 e. The summed E-state index contributed by atoms with van der Waals surface area (Å²) in [7, 11) is -3.32. The van der Waals surface area contributed by atoms with Crippen LogP contribution in [-0.2, 0) is 16.6 Å². The van der Waals surface area contributed by atoms with Crippen LogP contribution in [0.2, 0.25) is 0 Å². The van der Waals surface area contributed by atoms with E-state index in [-0.39, 0.29) is 6.54 Å². The van der Waals surface area contributed by atoms with Crippen LogP contribution in [0.25, 0.3) is 0 Å². The summed E-state index contributed by atoms with van der Waals surface area (Å²) >= 11 is 0. The van der Waals surface area contributed by atoms with Crippen molar-refractivity contribution < 1.29 is 12.9 Å². The van der Waals surface area contributed by atoms with Gasteiger partial charge in [0.05, 0.1) is 17.5 Å². The normalized spacial score (nSPS) is 13.8. The maximum atomic E-state index is 11.8. The summed E-state index contributed by atoms with van der Waals surface area (Å²) in [5, 5.41) is 6.21. The van der Waals surface area contributed by atoms with Crippen molar-refractivity contribution in [3.8, 4) is 0 Å². The molecule has 1 rings (SSSR count). The maximum Gasteiger partial charge on any atom is 0.215 e. The summed E-state index contributed by atoms with van der Waals surface area (Å²) in [5.41, 5.74) is 0.736. The quantitative estimate of drug-likeness (QED) is 0.742. The molecule has 1 atom stereocenters. The minimum atomic E-state index is -3.32. The standard InChI is InChI=1S/C10H19N3O3S/c1-4-11-6-9(3)17(14,15)12-7-10-5-8(2)13-16-10/h5,9,11-12H,4,6-7H2,1-3H3. The van der Waals surface area contributed by atoms with E-state index in [9.17, 15) is 8.42 Å². The highest BCUT2D eigenvalue weighted by molar-refractivity contribution is 7.90. The lowest BCUT2D eigenvalue weighted by Gasteiger charge is -2.13. The van der Waals surface area contributed by atoms with E-state index in [0.717, 1.165) is 12.2 Å². The van der Waals surface area contributed by atoms with Crippen LogP contribution in [0, 0.1) is 6.92 Å². The van der Waals surface area contributed by atoms with E-state index in [1.807, 2.05) is 6.92 Å². The zero-order chi connectivity index (χ0) is 12.9. The summed E-state index contributed by atoms with van der Waals surface area (Å²) in [6, 6.07) is 1.71. The Kier molecular flexibility index (Phi) is 5.10. The van der Waals surface area contributed by atoms with Crippen LogP contribution in [0.1, 0.15) is 25.3 Å². The minimum absolute atomic E-state index is 0.139. The molecule has 17 heavy (non-hydrogen) atoms. The van der Waals surface area contributed by atoms with Crippen LogP contribution in [0.15, 0.2) is 10.6 Å². The molecule has 6 nitrogen and oxygen atoms in total. The zero-order valence-electron chi connectivity index (χ0n) is 10.4. The molecule has 0 bridgehead atoms. The van der Waals surface area contributed by atoms with Crippen LogP contribution >= 0.6 is 0 Å². The average Bonchev–Trinajstić information content (AvgIpc) is 2.69. The van der Waals surface area contributed by atoms with Gasteiger partial charge < -0.3 is 9.84 Å². The molecular formula is C10H19N3O3S. The van der Waals surface area contributed by atoms with E-state index in [2.05, 4.69) is 15.2 Å². The molecule has 0 radical (unpaired) electrons. The first-order chi connectivity index (χ1) is 7.95. The van der Waals surface area contributed by atoms with Gasteiger partial charge in [-0.15, -0.1) is 0 Å². The van der Waals surface area contributed by atoms with Crippen LogP contribution < -0.4 is 10.0 Å². The molecule has 0 fully saturated rings. The molecule has 1 unspecified atom stereocenters. The third kappa shape index (κ3) is 4.45. The lowest BCUT2D eigenvalue weighted by Crippen LogP contribution is -2.38. The van der Waals surface area contributed by atoms with Gasteiger partial charge in [0.15, 0.2) is 5.76 Å². The van der Waals surface area contributed by atoms with Gasteiger partial charge >= 0.3 is 0 Å². The van der Waals surface area contributed by atoms with Crippen LogP contribution in [0.5, 0.6) is 0 Å². The van der Waals surface area contributed by atoms with Gasteiger partial charge in [-0.2, -0.15) is 0 Å². The maximum absolute atomic E-state index is 11.8. The predicted molar refractivity (Wildman–Crippen MR) is 65.0 cm³/mol. The van der Waals surface area contributed by atoms with Crippen molar-refractivity contribution >= 4 is 10.0 Å². The lowest BCUT2D eigenvalue weighted by atomic mass is 10.4. The van der Waals surface area contributed by atoms with E-state index in [0.29, 0.717) is 12.3 Å². The number of nitrogens with one attached hydrogen (secondary N) is 2. The molecule has 1 aromatic rings. The second-order valence-electron chi connectivity index (χ2n) is 3.92. The molecule has 0 aliphatic heterocycles. The Balaban J connectivity index is 2.49. The highest BCUT2D eigenvalue weighted by Gasteiger charge is 2.20. The van der Waals surface area contributed by atoms with Crippen molar-refractivity contribution in [1.29, 1.82) is 0 Å². The third-order valence-electron chi connectivity index (χ3n) is 2.34. The Morgan fingerprint density at radius 3 is 2.76 bits per heavy atom. The molecule has 98 valence electrons. The van der Waals surface area contributed by atoms with Crippen LogP contribution in [0.3, 0.4) is 0 Å². The number of sulfonamides is 1. The molecule has 0 saturated heterocycles. The monoisotopic (exact) mass is 261 g/mol. The Morgan fingerprint density at radius 2 is 2.24 bits per heavy atom.